The first kappa shape index (κ1) is 16.7. The molecule has 0 saturated carbocycles. The molecule has 0 spiro atoms. The molecule has 1 aromatic rings. The maximum Gasteiger partial charge on any atom is 0.326 e. The van der Waals surface area contributed by atoms with Crippen LogP contribution < -0.4 is 10.1 Å². The van der Waals surface area contributed by atoms with E-state index in [-0.39, 0.29) is 6.61 Å². The van der Waals surface area contributed by atoms with Gasteiger partial charge in [-0.3, -0.25) is 4.79 Å². The van der Waals surface area contributed by atoms with E-state index in [1.165, 1.54) is 11.8 Å². The van der Waals surface area contributed by atoms with Crippen molar-refractivity contribution in [3.8, 4) is 5.75 Å². The van der Waals surface area contributed by atoms with Crippen molar-refractivity contribution in [1.29, 1.82) is 0 Å². The molecule has 2 N–H and O–H groups in total. The summed E-state index contributed by atoms with van der Waals surface area (Å²) >= 11 is 7.25. The van der Waals surface area contributed by atoms with Crippen LogP contribution >= 0.6 is 23.4 Å². The van der Waals surface area contributed by atoms with Crippen molar-refractivity contribution < 1.29 is 19.4 Å². The van der Waals surface area contributed by atoms with Crippen molar-refractivity contribution in [3.05, 3.63) is 29.3 Å². The third-order valence-electron chi connectivity index (χ3n) is 2.43. The molecule has 0 aliphatic carbocycles. The van der Waals surface area contributed by atoms with E-state index in [1.54, 1.807) is 24.3 Å². The molecule has 20 heavy (non-hydrogen) atoms. The smallest absolute Gasteiger partial charge is 0.326 e. The van der Waals surface area contributed by atoms with Crippen LogP contribution in [0.15, 0.2) is 24.3 Å². The van der Waals surface area contributed by atoms with Gasteiger partial charge in [0.05, 0.1) is 0 Å². The number of carboxylic acids is 1. The summed E-state index contributed by atoms with van der Waals surface area (Å²) in [6.45, 7) is -0.231. The zero-order chi connectivity index (χ0) is 15.0. The molecule has 0 heterocycles. The van der Waals surface area contributed by atoms with Gasteiger partial charge in [-0.1, -0.05) is 11.6 Å². The van der Waals surface area contributed by atoms with Gasteiger partial charge in [-0.25, -0.2) is 4.79 Å². The molecule has 1 amide bonds. The van der Waals surface area contributed by atoms with E-state index in [9.17, 15) is 9.59 Å². The Morgan fingerprint density at radius 1 is 1.40 bits per heavy atom. The number of amides is 1. The Hall–Kier alpha value is -1.40. The normalized spacial score (nSPS) is 11.7. The number of benzene rings is 1. The SMILES string of the molecule is CSCC[C@@H](NC(=O)COc1ccc(Cl)cc1)C(=O)O. The molecule has 0 bridgehead atoms. The molecular formula is C13H16ClNO4S. The number of carbonyl (C=O) groups excluding carboxylic acids is 1. The lowest BCUT2D eigenvalue weighted by atomic mass is 10.2. The molecule has 1 rings (SSSR count). The molecule has 5 nitrogen and oxygen atoms in total. The summed E-state index contributed by atoms with van der Waals surface area (Å²) in [5, 5.41) is 12.0. The fourth-order valence-corrected chi connectivity index (χ4v) is 2.01. The second kappa shape index (κ2) is 8.71. The van der Waals surface area contributed by atoms with Crippen LogP contribution in [0.1, 0.15) is 6.42 Å². The number of carbonyl (C=O) groups is 2. The molecule has 1 aromatic carbocycles. The number of hydrogen-bond donors (Lipinski definition) is 2. The Labute approximate surface area is 126 Å². The van der Waals surface area contributed by atoms with Crippen LogP contribution in [0.2, 0.25) is 5.02 Å². The molecule has 0 unspecified atom stereocenters. The van der Waals surface area contributed by atoms with Crippen molar-refractivity contribution in [1.82, 2.24) is 5.32 Å². The Bertz CT molecular complexity index is 452. The highest BCUT2D eigenvalue weighted by Gasteiger charge is 2.19. The minimum atomic E-state index is -1.04. The second-order valence-corrected chi connectivity index (χ2v) is 5.40. The fraction of sp³-hybridized carbons (Fsp3) is 0.385. The number of nitrogens with one attached hydrogen (secondary N) is 1. The van der Waals surface area contributed by atoms with E-state index < -0.39 is 17.9 Å². The number of aliphatic carboxylic acids is 1. The van der Waals surface area contributed by atoms with E-state index in [1.807, 2.05) is 6.26 Å². The third kappa shape index (κ3) is 6.16. The van der Waals surface area contributed by atoms with E-state index in [0.29, 0.717) is 22.9 Å². The van der Waals surface area contributed by atoms with Gasteiger partial charge in [-0.2, -0.15) is 11.8 Å². The zero-order valence-corrected chi connectivity index (χ0v) is 12.5. The van der Waals surface area contributed by atoms with Gasteiger partial charge in [0.25, 0.3) is 5.91 Å². The number of thioether (sulfide) groups is 1. The standard InChI is InChI=1S/C13H16ClNO4S/c1-20-7-6-11(13(17)18)15-12(16)8-19-10-4-2-9(14)3-5-10/h2-5,11H,6-8H2,1H3,(H,15,16)(H,17,18)/t11-/m1/s1. The molecular weight excluding hydrogens is 302 g/mol. The Morgan fingerprint density at radius 3 is 2.60 bits per heavy atom. The first-order valence-electron chi connectivity index (χ1n) is 5.92. The van der Waals surface area contributed by atoms with Gasteiger partial charge in [0.15, 0.2) is 6.61 Å². The van der Waals surface area contributed by atoms with Crippen LogP contribution in [0.5, 0.6) is 5.75 Å². The van der Waals surface area contributed by atoms with Crippen LogP contribution in [0.4, 0.5) is 0 Å². The first-order chi connectivity index (χ1) is 9.52. The van der Waals surface area contributed by atoms with Gasteiger partial charge < -0.3 is 15.2 Å². The summed E-state index contributed by atoms with van der Waals surface area (Å²) in [7, 11) is 0. The van der Waals surface area contributed by atoms with Crippen LogP contribution in [-0.2, 0) is 9.59 Å². The number of rotatable bonds is 8. The predicted octanol–water partition coefficient (Wildman–Crippen LogP) is 2.04. The van der Waals surface area contributed by atoms with Crippen LogP contribution in [0, 0.1) is 0 Å². The minimum Gasteiger partial charge on any atom is -0.484 e. The van der Waals surface area contributed by atoms with Crippen LogP contribution in [0.3, 0.4) is 0 Å². The van der Waals surface area contributed by atoms with E-state index >= 15 is 0 Å². The average molecular weight is 318 g/mol. The molecule has 110 valence electrons. The Morgan fingerprint density at radius 2 is 2.05 bits per heavy atom. The van der Waals surface area contributed by atoms with Crippen molar-refractivity contribution in [2.24, 2.45) is 0 Å². The third-order valence-corrected chi connectivity index (χ3v) is 3.32. The highest BCUT2D eigenvalue weighted by Crippen LogP contribution is 2.15. The van der Waals surface area contributed by atoms with Gasteiger partial charge >= 0.3 is 5.97 Å². The quantitative estimate of drug-likeness (QED) is 0.767. The monoisotopic (exact) mass is 317 g/mol. The van der Waals surface area contributed by atoms with E-state index in [0.717, 1.165) is 0 Å². The molecule has 7 heteroatoms. The van der Waals surface area contributed by atoms with Gasteiger partial charge in [-0.05, 0) is 42.7 Å². The summed E-state index contributed by atoms with van der Waals surface area (Å²) in [6.07, 6.45) is 2.26. The highest BCUT2D eigenvalue weighted by atomic mass is 35.5. The lowest BCUT2D eigenvalue weighted by Gasteiger charge is -2.14. The lowest BCUT2D eigenvalue weighted by molar-refractivity contribution is -0.142. The summed E-state index contributed by atoms with van der Waals surface area (Å²) in [5.41, 5.74) is 0. The topological polar surface area (TPSA) is 75.6 Å². The minimum absolute atomic E-state index is 0.231. The molecule has 0 fully saturated rings. The van der Waals surface area contributed by atoms with Crippen molar-refractivity contribution >= 4 is 35.2 Å². The number of carboxylic acid groups (broad SMARTS) is 1. The van der Waals surface area contributed by atoms with Crippen molar-refractivity contribution in [3.63, 3.8) is 0 Å². The first-order valence-corrected chi connectivity index (χ1v) is 7.69. The second-order valence-electron chi connectivity index (χ2n) is 3.98. The van der Waals surface area contributed by atoms with Gasteiger partial charge in [0.1, 0.15) is 11.8 Å². The summed E-state index contributed by atoms with van der Waals surface area (Å²) in [6, 6.07) is 5.68. The maximum atomic E-state index is 11.6. The van der Waals surface area contributed by atoms with Crippen LogP contribution in [0.25, 0.3) is 0 Å². The fourth-order valence-electron chi connectivity index (χ4n) is 1.41. The molecule has 0 radical (unpaired) electrons. The van der Waals surface area contributed by atoms with Gasteiger partial charge in [-0.15, -0.1) is 0 Å². The lowest BCUT2D eigenvalue weighted by Crippen LogP contribution is -2.43. The van der Waals surface area contributed by atoms with Crippen molar-refractivity contribution in [2.75, 3.05) is 18.6 Å². The highest BCUT2D eigenvalue weighted by molar-refractivity contribution is 7.98. The van der Waals surface area contributed by atoms with Crippen molar-refractivity contribution in [2.45, 2.75) is 12.5 Å². The predicted molar refractivity (Wildman–Crippen MR) is 79.5 cm³/mol. The molecule has 0 saturated heterocycles. The van der Waals surface area contributed by atoms with Gasteiger partial charge in [0, 0.05) is 5.02 Å². The number of hydrogen-bond acceptors (Lipinski definition) is 4. The number of ether oxygens (including phenoxy) is 1. The molecule has 0 aromatic heterocycles. The van der Waals surface area contributed by atoms with Gasteiger partial charge in [0.2, 0.25) is 0 Å². The molecule has 0 aliphatic rings. The Balaban J connectivity index is 2.41. The summed E-state index contributed by atoms with van der Waals surface area (Å²) < 4.78 is 5.24. The molecule has 0 aliphatic heterocycles. The maximum absolute atomic E-state index is 11.6. The number of halogens is 1. The summed E-state index contributed by atoms with van der Waals surface area (Å²) in [5.74, 6) is -0.345. The van der Waals surface area contributed by atoms with Crippen LogP contribution in [-0.4, -0.2) is 41.6 Å². The average Bonchev–Trinajstić information content (AvgIpc) is 2.42. The zero-order valence-electron chi connectivity index (χ0n) is 11.0. The van der Waals surface area contributed by atoms with E-state index in [4.69, 9.17) is 21.4 Å². The largest absolute Gasteiger partial charge is 0.484 e. The Kier molecular flexibility index (Phi) is 7.25. The molecule has 1 atom stereocenters. The van der Waals surface area contributed by atoms with E-state index in [2.05, 4.69) is 5.32 Å². The summed E-state index contributed by atoms with van der Waals surface area (Å²) in [4.78, 5) is 22.6.